The molecule has 4 aromatic rings. The van der Waals surface area contributed by atoms with E-state index in [2.05, 4.69) is 21.9 Å². The van der Waals surface area contributed by atoms with Gasteiger partial charge in [-0.3, -0.25) is 4.98 Å². The Morgan fingerprint density at radius 1 is 0.931 bits per heavy atom. The second-order valence-corrected chi connectivity index (χ2v) is 8.25. The molecule has 3 nitrogen and oxygen atoms in total. The largest absolute Gasteiger partial charge is 0.342 e. The van der Waals surface area contributed by atoms with Gasteiger partial charge in [-0.2, -0.15) is 0 Å². The normalized spacial score (nSPS) is 20.9. The van der Waals surface area contributed by atoms with Gasteiger partial charge >= 0.3 is 0 Å². The summed E-state index contributed by atoms with van der Waals surface area (Å²) in [5.41, 5.74) is 3.63. The summed E-state index contributed by atoms with van der Waals surface area (Å²) in [5, 5.41) is 0.934. The highest BCUT2D eigenvalue weighted by Crippen LogP contribution is 2.42. The molecule has 1 aliphatic rings. The van der Waals surface area contributed by atoms with E-state index < -0.39 is 0 Å². The van der Waals surface area contributed by atoms with Crippen molar-refractivity contribution in [2.24, 2.45) is 5.92 Å². The third-order valence-electron chi connectivity index (χ3n) is 6.55. The van der Waals surface area contributed by atoms with Crippen LogP contribution < -0.4 is 0 Å². The molecule has 1 N–H and O–H groups in total. The van der Waals surface area contributed by atoms with Gasteiger partial charge in [0, 0.05) is 17.5 Å². The highest BCUT2D eigenvalue weighted by atomic mass is 19.1. The Kier molecular flexibility index (Phi) is 4.53. The third-order valence-corrected chi connectivity index (χ3v) is 6.55. The molecule has 5 heteroatoms. The molecular formula is C24H23F2N3. The van der Waals surface area contributed by atoms with Crippen molar-refractivity contribution in [2.45, 2.75) is 44.4 Å². The highest BCUT2D eigenvalue weighted by molar-refractivity contribution is 5.82. The molecule has 1 saturated carbocycles. The maximum Gasteiger partial charge on any atom is 0.125 e. The van der Waals surface area contributed by atoms with Crippen LogP contribution in [0.5, 0.6) is 0 Å². The van der Waals surface area contributed by atoms with Crippen LogP contribution in [0.1, 0.15) is 55.8 Å². The number of pyridine rings is 1. The zero-order chi connectivity index (χ0) is 20.0. The first-order chi connectivity index (χ1) is 14.1. The summed E-state index contributed by atoms with van der Waals surface area (Å²) >= 11 is 0. The fourth-order valence-electron chi connectivity index (χ4n) is 4.87. The van der Waals surface area contributed by atoms with E-state index >= 15 is 0 Å². The van der Waals surface area contributed by atoms with Crippen molar-refractivity contribution in [1.82, 2.24) is 15.0 Å². The quantitative estimate of drug-likeness (QED) is 0.435. The number of fused-ring (bicyclic) bond motifs is 2. The predicted octanol–water partition coefficient (Wildman–Crippen LogP) is 6.47. The summed E-state index contributed by atoms with van der Waals surface area (Å²) in [6, 6.07) is 11.6. The Labute approximate surface area is 168 Å². The maximum atomic E-state index is 13.8. The predicted molar refractivity (Wildman–Crippen MR) is 111 cm³/mol. The minimum absolute atomic E-state index is 0.213. The number of halogens is 2. The molecule has 0 spiro atoms. The Balaban J connectivity index is 1.34. The number of aromatic nitrogens is 3. The van der Waals surface area contributed by atoms with Crippen LogP contribution >= 0.6 is 0 Å². The second kappa shape index (κ2) is 7.21. The van der Waals surface area contributed by atoms with Crippen LogP contribution in [-0.4, -0.2) is 15.0 Å². The molecule has 1 unspecified atom stereocenters. The number of hydrogen-bond acceptors (Lipinski definition) is 2. The first-order valence-electron chi connectivity index (χ1n) is 10.3. The van der Waals surface area contributed by atoms with Crippen molar-refractivity contribution in [3.05, 3.63) is 71.7 Å². The lowest BCUT2D eigenvalue weighted by atomic mass is 9.73. The van der Waals surface area contributed by atoms with Crippen LogP contribution in [0.2, 0.25) is 0 Å². The molecule has 0 amide bonds. The topological polar surface area (TPSA) is 41.6 Å². The van der Waals surface area contributed by atoms with Gasteiger partial charge in [0.15, 0.2) is 0 Å². The van der Waals surface area contributed by atoms with Gasteiger partial charge in [-0.15, -0.1) is 0 Å². The molecule has 2 aromatic carbocycles. The van der Waals surface area contributed by atoms with Crippen molar-refractivity contribution >= 4 is 21.9 Å². The van der Waals surface area contributed by atoms with Crippen molar-refractivity contribution in [3.63, 3.8) is 0 Å². The van der Waals surface area contributed by atoms with Crippen LogP contribution in [0, 0.1) is 17.6 Å². The second-order valence-electron chi connectivity index (χ2n) is 8.25. The molecule has 1 aliphatic carbocycles. The molecule has 2 heterocycles. The van der Waals surface area contributed by atoms with Crippen molar-refractivity contribution in [3.8, 4) is 0 Å². The first kappa shape index (κ1) is 18.2. The number of H-pyrrole nitrogens is 1. The number of rotatable bonds is 3. The van der Waals surface area contributed by atoms with Gasteiger partial charge in [-0.05, 0) is 85.5 Å². The Hall–Kier alpha value is -2.82. The number of aromatic amines is 1. The monoisotopic (exact) mass is 391 g/mol. The molecule has 0 radical (unpaired) electrons. The standard InChI is InChI=1S/C24H23F2N3/c1-14(24-28-22-9-7-18(26)13-23(22)29-24)15-2-4-16(5-3-15)19-10-11-27-21-8-6-17(25)12-20(19)21/h6-16H,2-5H2,1H3,(H,28,29)/t14?,15-,16+. The van der Waals surface area contributed by atoms with Gasteiger partial charge in [0.05, 0.1) is 16.6 Å². The number of imidazole rings is 1. The van der Waals surface area contributed by atoms with E-state index in [1.54, 1.807) is 18.2 Å². The molecule has 0 aliphatic heterocycles. The summed E-state index contributed by atoms with van der Waals surface area (Å²) in [6.45, 7) is 2.20. The lowest BCUT2D eigenvalue weighted by molar-refractivity contribution is 0.286. The number of nitrogens with zero attached hydrogens (tertiary/aromatic N) is 2. The van der Waals surface area contributed by atoms with Crippen LogP contribution in [0.4, 0.5) is 8.78 Å². The summed E-state index contributed by atoms with van der Waals surface area (Å²) in [6.07, 6.45) is 6.16. The van der Waals surface area contributed by atoms with Gasteiger partial charge in [0.1, 0.15) is 17.5 Å². The molecule has 0 bridgehead atoms. The van der Waals surface area contributed by atoms with Crippen molar-refractivity contribution in [2.75, 3.05) is 0 Å². The van der Waals surface area contributed by atoms with Gasteiger partial charge < -0.3 is 4.98 Å². The summed E-state index contributed by atoms with van der Waals surface area (Å²) < 4.78 is 27.3. The average molecular weight is 391 g/mol. The van der Waals surface area contributed by atoms with E-state index in [1.807, 2.05) is 12.3 Å². The number of hydrogen-bond donors (Lipinski definition) is 1. The zero-order valence-corrected chi connectivity index (χ0v) is 16.3. The average Bonchev–Trinajstić information content (AvgIpc) is 3.16. The van der Waals surface area contributed by atoms with E-state index in [1.165, 1.54) is 23.8 Å². The SMILES string of the molecule is CC(c1nc2ccc(F)cc2[nH]1)[C@H]1CC[C@@H](c2ccnc3ccc(F)cc32)CC1. The fourth-order valence-corrected chi connectivity index (χ4v) is 4.87. The number of benzene rings is 2. The van der Waals surface area contributed by atoms with Crippen LogP contribution in [-0.2, 0) is 0 Å². The lowest BCUT2D eigenvalue weighted by Gasteiger charge is -2.32. The highest BCUT2D eigenvalue weighted by Gasteiger charge is 2.29. The summed E-state index contributed by atoms with van der Waals surface area (Å²) in [5.74, 6) is 1.72. The maximum absolute atomic E-state index is 13.8. The molecule has 29 heavy (non-hydrogen) atoms. The van der Waals surface area contributed by atoms with E-state index in [0.717, 1.165) is 53.4 Å². The fraction of sp³-hybridized carbons (Fsp3) is 0.333. The van der Waals surface area contributed by atoms with Crippen molar-refractivity contribution < 1.29 is 8.78 Å². The molecule has 1 fully saturated rings. The van der Waals surface area contributed by atoms with E-state index in [9.17, 15) is 8.78 Å². The van der Waals surface area contributed by atoms with Crippen LogP contribution in [0.3, 0.4) is 0 Å². The Morgan fingerprint density at radius 2 is 1.66 bits per heavy atom. The minimum atomic E-state index is -0.248. The Bertz CT molecular complexity index is 1180. The molecule has 0 saturated heterocycles. The smallest absolute Gasteiger partial charge is 0.125 e. The van der Waals surface area contributed by atoms with Gasteiger partial charge in [0.2, 0.25) is 0 Å². The van der Waals surface area contributed by atoms with Crippen LogP contribution in [0.15, 0.2) is 48.7 Å². The zero-order valence-electron chi connectivity index (χ0n) is 16.3. The van der Waals surface area contributed by atoms with Crippen LogP contribution in [0.25, 0.3) is 21.9 Å². The van der Waals surface area contributed by atoms with Crippen molar-refractivity contribution in [1.29, 1.82) is 0 Å². The van der Waals surface area contributed by atoms with E-state index in [0.29, 0.717) is 11.8 Å². The molecule has 148 valence electrons. The van der Waals surface area contributed by atoms with E-state index in [4.69, 9.17) is 0 Å². The summed E-state index contributed by atoms with van der Waals surface area (Å²) in [7, 11) is 0. The van der Waals surface area contributed by atoms with Gasteiger partial charge in [0.25, 0.3) is 0 Å². The lowest BCUT2D eigenvalue weighted by Crippen LogP contribution is -2.19. The third kappa shape index (κ3) is 3.39. The minimum Gasteiger partial charge on any atom is -0.342 e. The molecular weight excluding hydrogens is 368 g/mol. The van der Waals surface area contributed by atoms with E-state index in [-0.39, 0.29) is 17.6 Å². The first-order valence-corrected chi connectivity index (χ1v) is 10.3. The summed E-state index contributed by atoms with van der Waals surface area (Å²) in [4.78, 5) is 12.4. The number of nitrogens with one attached hydrogen (secondary N) is 1. The van der Waals surface area contributed by atoms with Gasteiger partial charge in [-0.1, -0.05) is 6.92 Å². The molecule has 5 rings (SSSR count). The van der Waals surface area contributed by atoms with Gasteiger partial charge in [-0.25, -0.2) is 13.8 Å². The molecule has 2 aromatic heterocycles. The molecule has 1 atom stereocenters. The Morgan fingerprint density at radius 3 is 2.45 bits per heavy atom.